The molecule has 1 N–H and O–H groups in total. The molecule has 0 aliphatic heterocycles. The number of benzene rings is 3. The average Bonchev–Trinajstić information content (AvgIpc) is 2.99. The molecule has 0 radical (unpaired) electrons. The van der Waals surface area contributed by atoms with Crippen molar-refractivity contribution in [3.63, 3.8) is 0 Å². The average molecular weight is 308 g/mol. The van der Waals surface area contributed by atoms with Crippen molar-refractivity contribution in [1.29, 1.82) is 0 Å². The van der Waals surface area contributed by atoms with Crippen LogP contribution in [-0.4, -0.2) is 9.97 Å². The van der Waals surface area contributed by atoms with Crippen LogP contribution in [0.4, 0.5) is 0 Å². The summed E-state index contributed by atoms with van der Waals surface area (Å²) < 4.78 is 0. The molecule has 0 saturated heterocycles. The molecule has 114 valence electrons. The zero-order valence-electron chi connectivity index (χ0n) is 13.4. The fraction of sp³-hybridized carbons (Fsp3) is 0.0455. The summed E-state index contributed by atoms with van der Waals surface area (Å²) in [6.45, 7) is 2.13. The molecular weight excluding hydrogens is 292 g/mol. The largest absolute Gasteiger partial charge is 0.353 e. The van der Waals surface area contributed by atoms with Crippen LogP contribution in [0.15, 0.2) is 72.9 Å². The van der Waals surface area contributed by atoms with E-state index in [1.54, 1.807) is 0 Å². The third kappa shape index (κ3) is 1.86. The van der Waals surface area contributed by atoms with Crippen LogP contribution in [0.1, 0.15) is 5.56 Å². The highest BCUT2D eigenvalue weighted by molar-refractivity contribution is 6.13. The molecule has 0 atom stereocenters. The minimum absolute atomic E-state index is 1.01. The predicted molar refractivity (Wildman–Crippen MR) is 101 cm³/mol. The Morgan fingerprint density at radius 1 is 0.792 bits per heavy atom. The quantitative estimate of drug-likeness (QED) is 0.414. The molecule has 5 aromatic rings. The lowest BCUT2D eigenvalue weighted by Gasteiger charge is -2.07. The monoisotopic (exact) mass is 308 g/mol. The summed E-state index contributed by atoms with van der Waals surface area (Å²) in [6.07, 6.45) is 1.91. The minimum atomic E-state index is 1.01. The van der Waals surface area contributed by atoms with Crippen molar-refractivity contribution in [3.05, 3.63) is 78.5 Å². The van der Waals surface area contributed by atoms with E-state index in [1.807, 2.05) is 6.20 Å². The van der Waals surface area contributed by atoms with Crippen LogP contribution >= 0.6 is 0 Å². The van der Waals surface area contributed by atoms with Gasteiger partial charge in [0.2, 0.25) is 0 Å². The van der Waals surface area contributed by atoms with E-state index in [1.165, 1.54) is 32.7 Å². The van der Waals surface area contributed by atoms with Crippen molar-refractivity contribution in [1.82, 2.24) is 9.97 Å². The number of aryl methyl sites for hydroxylation is 1. The first kappa shape index (κ1) is 13.3. The number of aromatic amines is 1. The summed E-state index contributed by atoms with van der Waals surface area (Å²) in [5.41, 5.74) is 5.71. The molecule has 0 saturated carbocycles. The van der Waals surface area contributed by atoms with Gasteiger partial charge in [-0.3, -0.25) is 4.98 Å². The van der Waals surface area contributed by atoms with Crippen molar-refractivity contribution >= 4 is 32.6 Å². The number of H-pyrrole nitrogens is 1. The molecule has 2 heterocycles. The number of nitrogens with one attached hydrogen (secondary N) is 1. The van der Waals surface area contributed by atoms with Gasteiger partial charge in [-0.15, -0.1) is 0 Å². The van der Waals surface area contributed by atoms with Crippen LogP contribution < -0.4 is 0 Å². The Labute approximate surface area is 139 Å². The van der Waals surface area contributed by atoms with Crippen LogP contribution in [0.3, 0.4) is 0 Å². The number of pyridine rings is 1. The maximum atomic E-state index is 4.71. The summed E-state index contributed by atoms with van der Waals surface area (Å²) in [6, 6.07) is 23.5. The number of hydrogen-bond acceptors (Lipinski definition) is 1. The maximum Gasteiger partial charge on any atom is 0.0949 e. The number of fused-ring (bicyclic) bond motifs is 4. The number of nitrogens with zero attached hydrogens (tertiary/aromatic N) is 1. The second-order valence-corrected chi connectivity index (χ2v) is 6.28. The zero-order chi connectivity index (χ0) is 16.1. The van der Waals surface area contributed by atoms with Crippen LogP contribution in [-0.2, 0) is 0 Å². The second-order valence-electron chi connectivity index (χ2n) is 6.28. The Balaban J connectivity index is 1.91. The van der Waals surface area contributed by atoms with E-state index < -0.39 is 0 Å². The minimum Gasteiger partial charge on any atom is -0.353 e. The second kappa shape index (κ2) is 4.93. The molecule has 0 amide bonds. The normalized spacial score (nSPS) is 11.5. The molecule has 0 aliphatic carbocycles. The molecule has 5 rings (SSSR count). The SMILES string of the molecule is Cc1ccc2[nH]c3c(-c4cccc5ccccc45)nccc3c2c1. The first-order valence-electron chi connectivity index (χ1n) is 8.16. The first-order valence-corrected chi connectivity index (χ1v) is 8.16. The van der Waals surface area contributed by atoms with Crippen molar-refractivity contribution in [2.24, 2.45) is 0 Å². The predicted octanol–water partition coefficient (Wildman–Crippen LogP) is 5.84. The molecule has 0 unspecified atom stereocenters. The van der Waals surface area contributed by atoms with E-state index in [0.717, 1.165) is 16.7 Å². The standard InChI is InChI=1S/C22H16N2/c1-14-9-10-20-19(13-14)18-11-12-23-21(22(18)24-20)17-8-4-6-15-5-2-3-7-16(15)17/h2-13,24H,1H3. The maximum absolute atomic E-state index is 4.71. The van der Waals surface area contributed by atoms with Gasteiger partial charge in [-0.05, 0) is 35.9 Å². The fourth-order valence-electron chi connectivity index (χ4n) is 3.57. The van der Waals surface area contributed by atoms with E-state index >= 15 is 0 Å². The lowest BCUT2D eigenvalue weighted by Crippen LogP contribution is -1.87. The van der Waals surface area contributed by atoms with Gasteiger partial charge in [0.1, 0.15) is 0 Å². The van der Waals surface area contributed by atoms with Gasteiger partial charge < -0.3 is 4.98 Å². The number of rotatable bonds is 1. The van der Waals surface area contributed by atoms with Gasteiger partial charge in [0.05, 0.1) is 11.2 Å². The lowest BCUT2D eigenvalue weighted by atomic mass is 10.0. The molecule has 2 nitrogen and oxygen atoms in total. The third-order valence-corrected chi connectivity index (χ3v) is 4.72. The Bertz CT molecular complexity index is 1210. The summed E-state index contributed by atoms with van der Waals surface area (Å²) >= 11 is 0. The highest BCUT2D eigenvalue weighted by Gasteiger charge is 2.12. The molecule has 0 bridgehead atoms. The van der Waals surface area contributed by atoms with Gasteiger partial charge in [-0.2, -0.15) is 0 Å². The summed E-state index contributed by atoms with van der Waals surface area (Å²) in [5, 5.41) is 4.95. The first-order chi connectivity index (χ1) is 11.8. The molecule has 3 aromatic carbocycles. The Morgan fingerprint density at radius 3 is 2.62 bits per heavy atom. The Morgan fingerprint density at radius 2 is 1.67 bits per heavy atom. The lowest BCUT2D eigenvalue weighted by molar-refractivity contribution is 1.35. The van der Waals surface area contributed by atoms with E-state index in [4.69, 9.17) is 4.98 Å². The number of aromatic nitrogens is 2. The molecule has 0 fully saturated rings. The molecule has 24 heavy (non-hydrogen) atoms. The topological polar surface area (TPSA) is 28.7 Å². The van der Waals surface area contributed by atoms with Crippen molar-refractivity contribution in [2.75, 3.05) is 0 Å². The van der Waals surface area contributed by atoms with Crippen LogP contribution in [0.2, 0.25) is 0 Å². The summed E-state index contributed by atoms with van der Waals surface area (Å²) in [7, 11) is 0. The van der Waals surface area contributed by atoms with Crippen LogP contribution in [0, 0.1) is 6.92 Å². The smallest absolute Gasteiger partial charge is 0.0949 e. The van der Waals surface area contributed by atoms with Gasteiger partial charge in [-0.1, -0.05) is 54.1 Å². The molecule has 2 aromatic heterocycles. The van der Waals surface area contributed by atoms with Gasteiger partial charge in [0, 0.05) is 28.0 Å². The third-order valence-electron chi connectivity index (χ3n) is 4.72. The molecule has 2 heteroatoms. The van der Waals surface area contributed by atoms with Crippen LogP contribution in [0.5, 0.6) is 0 Å². The van der Waals surface area contributed by atoms with Gasteiger partial charge in [-0.25, -0.2) is 0 Å². The van der Waals surface area contributed by atoms with Crippen molar-refractivity contribution in [2.45, 2.75) is 6.92 Å². The molecule has 0 aliphatic rings. The summed E-state index contributed by atoms with van der Waals surface area (Å²) in [4.78, 5) is 8.29. The Hall–Kier alpha value is -3.13. The van der Waals surface area contributed by atoms with E-state index in [9.17, 15) is 0 Å². The highest BCUT2D eigenvalue weighted by Crippen LogP contribution is 2.35. The van der Waals surface area contributed by atoms with Gasteiger partial charge in [0.25, 0.3) is 0 Å². The molecule has 0 spiro atoms. The Kier molecular flexibility index (Phi) is 2.74. The van der Waals surface area contributed by atoms with Crippen molar-refractivity contribution in [3.8, 4) is 11.3 Å². The number of hydrogen-bond donors (Lipinski definition) is 1. The van der Waals surface area contributed by atoms with Crippen LogP contribution in [0.25, 0.3) is 43.8 Å². The van der Waals surface area contributed by atoms with E-state index in [0.29, 0.717) is 0 Å². The fourth-order valence-corrected chi connectivity index (χ4v) is 3.57. The van der Waals surface area contributed by atoms with E-state index in [-0.39, 0.29) is 0 Å². The van der Waals surface area contributed by atoms with Gasteiger partial charge in [0.15, 0.2) is 0 Å². The van der Waals surface area contributed by atoms with Crippen molar-refractivity contribution < 1.29 is 0 Å². The van der Waals surface area contributed by atoms with Gasteiger partial charge >= 0.3 is 0 Å². The zero-order valence-corrected chi connectivity index (χ0v) is 13.4. The van der Waals surface area contributed by atoms with E-state index in [2.05, 4.69) is 78.6 Å². The molecular formula is C22H16N2. The summed E-state index contributed by atoms with van der Waals surface area (Å²) in [5.74, 6) is 0. The highest BCUT2D eigenvalue weighted by atomic mass is 14.8.